The lowest BCUT2D eigenvalue weighted by Crippen LogP contribution is -2.51. The molecule has 0 bridgehead atoms. The Morgan fingerprint density at radius 2 is 1.69 bits per heavy atom. The molecule has 45 heavy (non-hydrogen) atoms. The van der Waals surface area contributed by atoms with Crippen LogP contribution in [0, 0.1) is 31.3 Å². The van der Waals surface area contributed by atoms with Crippen molar-refractivity contribution < 1.29 is 35.9 Å². The third kappa shape index (κ3) is 6.71. The van der Waals surface area contributed by atoms with Crippen LogP contribution in [0.25, 0.3) is 11.1 Å². The number of carbonyl (C=O) groups is 2. The molecule has 0 aliphatic carbocycles. The van der Waals surface area contributed by atoms with E-state index < -0.39 is 59.8 Å². The summed E-state index contributed by atoms with van der Waals surface area (Å²) in [5.41, 5.74) is 7.68. The van der Waals surface area contributed by atoms with Gasteiger partial charge in [0.25, 0.3) is 5.91 Å². The number of aromatic nitrogens is 1. The minimum absolute atomic E-state index is 0.124. The second-order valence-corrected chi connectivity index (χ2v) is 10.8. The highest BCUT2D eigenvalue weighted by molar-refractivity contribution is 5.94. The lowest BCUT2D eigenvalue weighted by Gasteiger charge is -2.29. The first-order chi connectivity index (χ1) is 21.2. The second-order valence-electron chi connectivity index (χ2n) is 10.8. The minimum atomic E-state index is -4.74. The fraction of sp³-hybridized carbons (Fsp3) is 0.219. The number of pyridine rings is 1. The van der Waals surface area contributed by atoms with Crippen LogP contribution in [0.2, 0.25) is 0 Å². The van der Waals surface area contributed by atoms with Gasteiger partial charge in [0, 0.05) is 17.8 Å². The van der Waals surface area contributed by atoms with E-state index >= 15 is 0 Å². The van der Waals surface area contributed by atoms with Gasteiger partial charge in [-0.25, -0.2) is 13.2 Å². The van der Waals surface area contributed by atoms with Crippen molar-refractivity contribution in [2.45, 2.75) is 38.7 Å². The summed E-state index contributed by atoms with van der Waals surface area (Å²) in [6.07, 6.45) is -5.76. The van der Waals surface area contributed by atoms with Gasteiger partial charge in [0.05, 0.1) is 35.2 Å². The number of anilines is 2. The first-order valence-corrected chi connectivity index (χ1v) is 13.7. The summed E-state index contributed by atoms with van der Waals surface area (Å²) in [5.74, 6) is -4.48. The molecule has 1 aliphatic heterocycles. The number of primary amides is 1. The summed E-state index contributed by atoms with van der Waals surface area (Å²) in [4.78, 5) is 30.6. The largest absolute Gasteiger partial charge is 0.427 e. The third-order valence-corrected chi connectivity index (χ3v) is 7.56. The van der Waals surface area contributed by atoms with Crippen LogP contribution in [-0.2, 0) is 11.2 Å². The highest BCUT2D eigenvalue weighted by Crippen LogP contribution is 2.42. The van der Waals surface area contributed by atoms with Crippen molar-refractivity contribution in [2.75, 3.05) is 16.8 Å². The molecule has 0 saturated heterocycles. The average Bonchev–Trinajstić information content (AvgIpc) is 3.29. The number of nitrogens with zero attached hydrogens (tertiary/aromatic N) is 2. The van der Waals surface area contributed by atoms with Crippen LogP contribution in [0.1, 0.15) is 38.8 Å². The molecule has 7 nitrogen and oxygen atoms in total. The number of nitrogens with two attached hydrogens (primary N) is 1. The molecule has 1 aliphatic rings. The zero-order chi connectivity index (χ0) is 32.6. The van der Waals surface area contributed by atoms with Gasteiger partial charge in [-0.1, -0.05) is 12.1 Å². The number of nitrogens with one attached hydrogen (secondary N) is 2. The van der Waals surface area contributed by atoms with Crippen LogP contribution in [0.15, 0.2) is 66.9 Å². The summed E-state index contributed by atoms with van der Waals surface area (Å²) in [7, 11) is 0. The molecule has 5 rings (SSSR count). The first-order valence-electron chi connectivity index (χ1n) is 13.7. The van der Waals surface area contributed by atoms with Gasteiger partial charge in [-0.05, 0) is 85.0 Å². The van der Waals surface area contributed by atoms with Gasteiger partial charge >= 0.3 is 6.18 Å². The van der Waals surface area contributed by atoms with Crippen LogP contribution in [-0.4, -0.2) is 35.7 Å². The predicted octanol–water partition coefficient (Wildman–Crippen LogP) is 6.10. The molecule has 1 aromatic heterocycles. The number of carbonyl (C=O) groups excluding carboxylic acids is 2. The summed E-state index contributed by atoms with van der Waals surface area (Å²) in [5, 5.41) is 5.13. The Morgan fingerprint density at radius 3 is 2.36 bits per heavy atom. The summed E-state index contributed by atoms with van der Waals surface area (Å²) < 4.78 is 84.8. The average molecular weight is 628 g/mol. The number of amides is 2. The number of aryl methyl sites for hydroxylation is 2. The van der Waals surface area contributed by atoms with E-state index in [1.807, 2.05) is 0 Å². The molecule has 3 aromatic carbocycles. The Morgan fingerprint density at radius 1 is 1.00 bits per heavy atom. The molecule has 4 N–H and O–H groups in total. The quantitative estimate of drug-likeness (QED) is 0.205. The van der Waals surface area contributed by atoms with Gasteiger partial charge in [0.15, 0.2) is 6.17 Å². The van der Waals surface area contributed by atoms with Crippen LogP contribution in [0.5, 0.6) is 0 Å². The Hall–Kier alpha value is -5.07. The SMILES string of the molecule is Cc1cc2c(cc1C)N(CC(=O)NC(Cc1cc(F)cc(F)c1)c1ncccc1-c1ccc(F)c(C(N)=O)c1)C(C(F)(F)F)N2. The van der Waals surface area contributed by atoms with Crippen LogP contribution >= 0.6 is 0 Å². The van der Waals surface area contributed by atoms with Gasteiger partial charge < -0.3 is 21.3 Å². The normalized spacial score (nSPS) is 14.9. The maximum Gasteiger partial charge on any atom is 0.427 e. The molecule has 0 spiro atoms. The van der Waals surface area contributed by atoms with Gasteiger partial charge in [0.1, 0.15) is 17.5 Å². The maximum absolute atomic E-state index is 14.3. The molecule has 2 amide bonds. The molecule has 0 fully saturated rings. The molecule has 234 valence electrons. The molecular formula is C32H27F6N5O2. The third-order valence-electron chi connectivity index (χ3n) is 7.56. The summed E-state index contributed by atoms with van der Waals surface area (Å²) in [6.45, 7) is 2.77. The van der Waals surface area contributed by atoms with E-state index in [4.69, 9.17) is 5.73 Å². The van der Waals surface area contributed by atoms with Crippen molar-refractivity contribution in [1.29, 1.82) is 0 Å². The van der Waals surface area contributed by atoms with Crippen molar-refractivity contribution in [2.24, 2.45) is 5.73 Å². The van der Waals surface area contributed by atoms with Crippen molar-refractivity contribution in [3.63, 3.8) is 0 Å². The zero-order valence-corrected chi connectivity index (χ0v) is 24.0. The number of benzene rings is 3. The smallest absolute Gasteiger partial charge is 0.366 e. The highest BCUT2D eigenvalue weighted by Gasteiger charge is 2.48. The van der Waals surface area contributed by atoms with Crippen molar-refractivity contribution in [3.05, 3.63) is 112 Å². The number of fused-ring (bicyclic) bond motifs is 1. The van der Waals surface area contributed by atoms with E-state index in [-0.39, 0.29) is 29.1 Å². The van der Waals surface area contributed by atoms with Crippen LogP contribution in [0.3, 0.4) is 0 Å². The topological polar surface area (TPSA) is 100 Å². The van der Waals surface area contributed by atoms with E-state index in [1.54, 1.807) is 32.0 Å². The Labute approximate surface area is 254 Å². The second kappa shape index (κ2) is 12.1. The fourth-order valence-electron chi connectivity index (χ4n) is 5.35. The van der Waals surface area contributed by atoms with E-state index in [0.29, 0.717) is 17.2 Å². The number of alkyl halides is 3. The monoisotopic (exact) mass is 627 g/mol. The Bertz CT molecular complexity index is 1770. The molecule has 2 atom stereocenters. The standard InChI is InChI=1S/C32H27F6N5O2/c1-16-8-25-27(9-17(16)2)43(31(42-25)32(36,37)38)15-28(44)41-26(12-18-10-20(33)14-21(34)11-18)29-22(4-3-7-40-29)19-5-6-24(35)23(13-19)30(39)45/h3-11,13-14,26,31,42H,12,15H2,1-2H3,(H2,39,45)(H,41,44). The van der Waals surface area contributed by atoms with Crippen molar-refractivity contribution >= 4 is 23.2 Å². The summed E-state index contributed by atoms with van der Waals surface area (Å²) in [6, 6.07) is 11.5. The van der Waals surface area contributed by atoms with Crippen LogP contribution in [0.4, 0.5) is 37.7 Å². The van der Waals surface area contributed by atoms with Gasteiger partial charge in [0.2, 0.25) is 5.91 Å². The highest BCUT2D eigenvalue weighted by atomic mass is 19.4. The number of hydrogen-bond donors (Lipinski definition) is 3. The Balaban J connectivity index is 1.53. The van der Waals surface area contributed by atoms with E-state index in [9.17, 15) is 35.9 Å². The predicted molar refractivity (Wildman–Crippen MR) is 156 cm³/mol. The van der Waals surface area contributed by atoms with Gasteiger partial charge in [-0.15, -0.1) is 0 Å². The fourth-order valence-corrected chi connectivity index (χ4v) is 5.35. The minimum Gasteiger partial charge on any atom is -0.366 e. The summed E-state index contributed by atoms with van der Waals surface area (Å²) >= 11 is 0. The maximum atomic E-state index is 14.3. The van der Waals surface area contributed by atoms with Gasteiger partial charge in [-0.3, -0.25) is 14.6 Å². The first kappa shape index (κ1) is 31.4. The zero-order valence-electron chi connectivity index (χ0n) is 24.0. The van der Waals surface area contributed by atoms with E-state index in [2.05, 4.69) is 15.6 Å². The molecule has 2 heterocycles. The number of hydrogen-bond acceptors (Lipinski definition) is 5. The number of rotatable bonds is 8. The van der Waals surface area contributed by atoms with Crippen molar-refractivity contribution in [3.8, 4) is 11.1 Å². The van der Waals surface area contributed by atoms with E-state index in [1.165, 1.54) is 24.4 Å². The lowest BCUT2D eigenvalue weighted by molar-refractivity contribution is -0.142. The van der Waals surface area contributed by atoms with Crippen molar-refractivity contribution in [1.82, 2.24) is 10.3 Å². The molecule has 0 radical (unpaired) electrons. The molecule has 2 unspecified atom stereocenters. The Kier molecular flexibility index (Phi) is 8.46. The van der Waals surface area contributed by atoms with Gasteiger partial charge in [-0.2, -0.15) is 13.2 Å². The lowest BCUT2D eigenvalue weighted by atomic mass is 9.94. The molecular weight excluding hydrogens is 600 g/mol. The van der Waals surface area contributed by atoms with Crippen LogP contribution < -0.4 is 21.3 Å². The molecule has 4 aromatic rings. The van der Waals surface area contributed by atoms with E-state index in [0.717, 1.165) is 34.2 Å². The molecule has 13 heteroatoms. The molecule has 0 saturated carbocycles. The number of halogens is 6.